The maximum atomic E-state index is 13.1. The summed E-state index contributed by atoms with van der Waals surface area (Å²) in [5.41, 5.74) is 0. The maximum Gasteiger partial charge on any atom is 0.220 e. The van der Waals surface area contributed by atoms with Gasteiger partial charge in [0.2, 0.25) is 5.91 Å². The highest BCUT2D eigenvalue weighted by Crippen LogP contribution is 2.23. The molecule has 9 nitrogen and oxygen atoms in total. The Labute approximate surface area is 464 Å². The fourth-order valence-electron chi connectivity index (χ4n) is 10.8. The number of ether oxygens (including phenoxy) is 2. The molecule has 6 N–H and O–H groups in total. The number of carbonyl (C=O) groups is 1. The molecule has 1 aliphatic rings. The summed E-state index contributed by atoms with van der Waals surface area (Å²) in [6.45, 7) is 3.82. The molecule has 0 aromatic rings. The summed E-state index contributed by atoms with van der Waals surface area (Å²) in [5, 5.41) is 54.6. The summed E-state index contributed by atoms with van der Waals surface area (Å²) in [6, 6.07) is -0.819. The number of unbranched alkanes of at least 4 members (excludes halogenated alkanes) is 46. The van der Waals surface area contributed by atoms with E-state index in [4.69, 9.17) is 9.47 Å². The van der Waals surface area contributed by atoms with Crippen molar-refractivity contribution in [3.05, 3.63) is 24.3 Å². The van der Waals surface area contributed by atoms with Crippen LogP contribution >= 0.6 is 0 Å². The molecule has 1 aliphatic heterocycles. The van der Waals surface area contributed by atoms with E-state index in [1.54, 1.807) is 6.08 Å². The molecule has 1 fully saturated rings. The molecule has 1 saturated heterocycles. The van der Waals surface area contributed by atoms with Crippen LogP contribution in [0.4, 0.5) is 0 Å². The Balaban J connectivity index is 2.17. The molecule has 0 aliphatic carbocycles. The molecule has 1 heterocycles. The Morgan fingerprint density at radius 2 is 0.760 bits per heavy atom. The predicted octanol–water partition coefficient (Wildman–Crippen LogP) is 17.3. The Kier molecular flexibility index (Phi) is 53.5. The number of allylic oxidation sites excluding steroid dienone is 3. The lowest BCUT2D eigenvalue weighted by molar-refractivity contribution is -0.302. The van der Waals surface area contributed by atoms with E-state index < -0.39 is 49.5 Å². The third-order valence-corrected chi connectivity index (χ3v) is 16.0. The SMILES string of the molecule is CCCCCCCCCCCCCCCCCCCCCCCCCC/C=C/CC/C=C/C(O)C(COC1OC(CO)C(O)C(O)C1O)NC(=O)CCCCCCCCCCCCCCCCCCCCCCCC. The van der Waals surface area contributed by atoms with Crippen LogP contribution < -0.4 is 5.32 Å². The van der Waals surface area contributed by atoms with Gasteiger partial charge in [-0.25, -0.2) is 0 Å². The molecular weight excluding hydrogens is 935 g/mol. The van der Waals surface area contributed by atoms with Gasteiger partial charge in [-0.2, -0.15) is 0 Å². The van der Waals surface area contributed by atoms with Crippen LogP contribution in [0.25, 0.3) is 0 Å². The summed E-state index contributed by atoms with van der Waals surface area (Å²) in [7, 11) is 0. The van der Waals surface area contributed by atoms with E-state index >= 15 is 0 Å². The molecule has 75 heavy (non-hydrogen) atoms. The van der Waals surface area contributed by atoms with Gasteiger partial charge < -0.3 is 40.3 Å². The second kappa shape index (κ2) is 56.0. The fourth-order valence-corrected chi connectivity index (χ4v) is 10.8. The van der Waals surface area contributed by atoms with Gasteiger partial charge >= 0.3 is 0 Å². The smallest absolute Gasteiger partial charge is 0.220 e. The fraction of sp³-hybridized carbons (Fsp3) is 0.924. The van der Waals surface area contributed by atoms with Crippen LogP contribution in [0, 0.1) is 0 Å². The lowest BCUT2D eigenvalue weighted by Gasteiger charge is -2.40. The first-order chi connectivity index (χ1) is 36.8. The number of amides is 1. The van der Waals surface area contributed by atoms with E-state index in [2.05, 4.69) is 31.3 Å². The summed E-state index contributed by atoms with van der Waals surface area (Å²) in [5.74, 6) is -0.179. The molecule has 0 aromatic carbocycles. The van der Waals surface area contributed by atoms with Crippen molar-refractivity contribution in [2.24, 2.45) is 0 Å². The minimum absolute atomic E-state index is 0.179. The molecule has 7 atom stereocenters. The van der Waals surface area contributed by atoms with Gasteiger partial charge in [0.15, 0.2) is 6.29 Å². The third-order valence-electron chi connectivity index (χ3n) is 16.0. The molecule has 1 rings (SSSR count). The van der Waals surface area contributed by atoms with E-state index in [1.165, 1.54) is 276 Å². The molecule has 0 spiro atoms. The predicted molar refractivity (Wildman–Crippen MR) is 318 cm³/mol. The van der Waals surface area contributed by atoms with Crippen molar-refractivity contribution in [2.45, 2.75) is 378 Å². The molecule has 0 radical (unpaired) electrons. The number of carbonyl (C=O) groups excluding carboxylic acids is 1. The largest absolute Gasteiger partial charge is 0.394 e. The van der Waals surface area contributed by atoms with Crippen LogP contribution in [0.5, 0.6) is 0 Å². The average molecular weight is 1060 g/mol. The van der Waals surface area contributed by atoms with E-state index in [0.717, 1.165) is 38.5 Å². The van der Waals surface area contributed by atoms with Crippen LogP contribution in [0.3, 0.4) is 0 Å². The van der Waals surface area contributed by atoms with Crippen LogP contribution in [0.15, 0.2) is 24.3 Å². The number of aliphatic hydroxyl groups excluding tert-OH is 5. The van der Waals surface area contributed by atoms with Crippen molar-refractivity contribution in [3.63, 3.8) is 0 Å². The van der Waals surface area contributed by atoms with Gasteiger partial charge in [-0.15, -0.1) is 0 Å². The number of hydrogen-bond acceptors (Lipinski definition) is 8. The van der Waals surface area contributed by atoms with Crippen molar-refractivity contribution < 1.29 is 39.8 Å². The minimum atomic E-state index is -1.57. The lowest BCUT2D eigenvalue weighted by Crippen LogP contribution is -2.60. The second-order valence-corrected chi connectivity index (χ2v) is 23.3. The summed E-state index contributed by atoms with van der Waals surface area (Å²) >= 11 is 0. The molecule has 1 amide bonds. The molecule has 9 heteroatoms. The van der Waals surface area contributed by atoms with E-state index in [-0.39, 0.29) is 12.5 Å². The monoisotopic (exact) mass is 1060 g/mol. The van der Waals surface area contributed by atoms with Crippen molar-refractivity contribution in [3.8, 4) is 0 Å². The van der Waals surface area contributed by atoms with Gasteiger partial charge in [-0.1, -0.05) is 321 Å². The van der Waals surface area contributed by atoms with Crippen LogP contribution in [-0.4, -0.2) is 87.5 Å². The number of nitrogens with one attached hydrogen (secondary N) is 1. The normalized spacial score (nSPS) is 18.9. The maximum absolute atomic E-state index is 13.1. The van der Waals surface area contributed by atoms with Crippen molar-refractivity contribution in [1.82, 2.24) is 5.32 Å². The van der Waals surface area contributed by atoms with E-state index in [0.29, 0.717) is 6.42 Å². The molecule has 0 saturated carbocycles. The van der Waals surface area contributed by atoms with Gasteiger partial charge in [0, 0.05) is 6.42 Å². The Hall–Kier alpha value is -1.33. The van der Waals surface area contributed by atoms with Gasteiger partial charge in [-0.05, 0) is 32.1 Å². The lowest BCUT2D eigenvalue weighted by atomic mass is 9.99. The van der Waals surface area contributed by atoms with Crippen LogP contribution in [0.2, 0.25) is 0 Å². The summed E-state index contributed by atoms with van der Waals surface area (Å²) in [4.78, 5) is 13.1. The topological polar surface area (TPSA) is 149 Å². The van der Waals surface area contributed by atoms with Crippen LogP contribution in [-0.2, 0) is 14.3 Å². The number of hydrogen-bond donors (Lipinski definition) is 6. The highest BCUT2D eigenvalue weighted by Gasteiger charge is 2.44. The third kappa shape index (κ3) is 45.1. The van der Waals surface area contributed by atoms with E-state index in [1.807, 2.05) is 6.08 Å². The molecule has 7 unspecified atom stereocenters. The molecule has 0 aromatic heterocycles. The molecule has 444 valence electrons. The van der Waals surface area contributed by atoms with Crippen molar-refractivity contribution in [2.75, 3.05) is 13.2 Å². The minimum Gasteiger partial charge on any atom is -0.394 e. The van der Waals surface area contributed by atoms with Gasteiger partial charge in [0.25, 0.3) is 0 Å². The summed E-state index contributed by atoms with van der Waals surface area (Å²) < 4.78 is 11.3. The zero-order valence-corrected chi connectivity index (χ0v) is 49.6. The Morgan fingerprint density at radius 1 is 0.440 bits per heavy atom. The summed E-state index contributed by atoms with van der Waals surface area (Å²) in [6.07, 6.45) is 65.6. The zero-order valence-electron chi connectivity index (χ0n) is 49.6. The van der Waals surface area contributed by atoms with E-state index in [9.17, 15) is 30.3 Å². The number of rotatable bonds is 58. The first kappa shape index (κ1) is 71.7. The van der Waals surface area contributed by atoms with Gasteiger partial charge in [0.05, 0.1) is 25.4 Å². The molecule has 0 bridgehead atoms. The van der Waals surface area contributed by atoms with Crippen molar-refractivity contribution in [1.29, 1.82) is 0 Å². The average Bonchev–Trinajstić information content (AvgIpc) is 3.41. The Bertz CT molecular complexity index is 1230. The highest BCUT2D eigenvalue weighted by atomic mass is 16.7. The first-order valence-corrected chi connectivity index (χ1v) is 33.1. The standard InChI is InChI=1S/C66H127NO8/c1-3-5-7-9-11-13-15-17-19-21-23-25-27-28-29-30-31-32-33-34-35-37-39-41-43-45-47-49-51-53-55-60(69)59(58-74-66-65(73)64(72)63(71)61(57-68)75-66)67-62(70)56-54-52-50-48-46-44-42-40-38-36-26-24-22-20-18-16-14-12-10-8-6-4-2/h45,47,53,55,59-61,63-66,68-69,71-73H,3-44,46,48-52,54,56-58H2,1-2H3,(H,67,70)/b47-45+,55-53+. The second-order valence-electron chi connectivity index (χ2n) is 23.3. The van der Waals surface area contributed by atoms with Crippen LogP contribution in [0.1, 0.15) is 335 Å². The van der Waals surface area contributed by atoms with Gasteiger partial charge in [-0.3, -0.25) is 4.79 Å². The quantitative estimate of drug-likeness (QED) is 0.0261. The Morgan fingerprint density at radius 3 is 1.12 bits per heavy atom. The van der Waals surface area contributed by atoms with Crippen molar-refractivity contribution >= 4 is 5.91 Å². The van der Waals surface area contributed by atoms with Gasteiger partial charge in [0.1, 0.15) is 24.4 Å². The zero-order chi connectivity index (χ0) is 54.3. The first-order valence-electron chi connectivity index (χ1n) is 33.1. The number of aliphatic hydroxyl groups is 5. The highest BCUT2D eigenvalue weighted by molar-refractivity contribution is 5.76. The molecular formula is C66H127NO8.